The first-order chi connectivity index (χ1) is 12.2. The first-order valence-corrected chi connectivity index (χ1v) is 8.36. The van der Waals surface area contributed by atoms with Crippen LogP contribution in [0.25, 0.3) is 0 Å². The molecule has 1 N–H and O–H groups in total. The molecule has 3 rings (SSSR count). The summed E-state index contributed by atoms with van der Waals surface area (Å²) in [5.74, 6) is 2.79. The molecule has 6 heteroatoms. The number of likely N-dealkylation sites (tertiary alicyclic amines) is 1. The minimum absolute atomic E-state index is 0.358. The minimum atomic E-state index is 0.358. The van der Waals surface area contributed by atoms with Gasteiger partial charge >= 0.3 is 0 Å². The Morgan fingerprint density at radius 3 is 2.64 bits per heavy atom. The molecular weight excluding hydrogens is 318 g/mol. The Bertz CT molecular complexity index is 728. The monoisotopic (exact) mass is 341 g/mol. The lowest BCUT2D eigenvalue weighted by Crippen LogP contribution is -2.31. The summed E-state index contributed by atoms with van der Waals surface area (Å²) < 4.78 is 16.1. The van der Waals surface area contributed by atoms with Gasteiger partial charge in [0.2, 0.25) is 5.76 Å². The Morgan fingerprint density at radius 2 is 2.00 bits per heavy atom. The third-order valence-electron chi connectivity index (χ3n) is 4.43. The molecule has 1 atom stereocenters. The maximum atomic E-state index is 8.79. The molecule has 0 aliphatic carbocycles. The Hall–Kier alpha value is -2.49. The van der Waals surface area contributed by atoms with Crippen LogP contribution in [0.4, 0.5) is 0 Å². The van der Waals surface area contributed by atoms with Crippen molar-refractivity contribution in [1.29, 1.82) is 5.26 Å². The Morgan fingerprint density at radius 1 is 1.24 bits per heavy atom. The van der Waals surface area contributed by atoms with Gasteiger partial charge in [0.15, 0.2) is 0 Å². The van der Waals surface area contributed by atoms with Crippen molar-refractivity contribution in [3.63, 3.8) is 0 Å². The standard InChI is InChI=1S/C19H23N3O3/c1-23-18-7-14(8-19(9-18)24-2)12-22-6-5-15(13-22)21-11-17-4-3-16(10-20)25-17/h3-4,7-9,15,21H,5-6,11-13H2,1-2H3/t15-/m1/s1. The molecule has 0 unspecified atom stereocenters. The lowest BCUT2D eigenvalue weighted by molar-refractivity contribution is 0.316. The molecule has 6 nitrogen and oxygen atoms in total. The van der Waals surface area contributed by atoms with Crippen LogP contribution < -0.4 is 14.8 Å². The van der Waals surface area contributed by atoms with E-state index in [1.807, 2.05) is 18.2 Å². The van der Waals surface area contributed by atoms with E-state index < -0.39 is 0 Å². The van der Waals surface area contributed by atoms with Crippen molar-refractivity contribution in [3.8, 4) is 17.6 Å². The van der Waals surface area contributed by atoms with Crippen molar-refractivity contribution in [2.24, 2.45) is 0 Å². The molecule has 0 radical (unpaired) electrons. The third-order valence-corrected chi connectivity index (χ3v) is 4.43. The van der Waals surface area contributed by atoms with Crippen LogP contribution in [0.2, 0.25) is 0 Å². The summed E-state index contributed by atoms with van der Waals surface area (Å²) in [5.41, 5.74) is 1.18. The molecule has 2 aromatic rings. The number of nitriles is 1. The molecular formula is C19H23N3O3. The number of ether oxygens (including phenoxy) is 2. The van der Waals surface area contributed by atoms with Crippen LogP contribution in [0.3, 0.4) is 0 Å². The minimum Gasteiger partial charge on any atom is -0.497 e. The molecule has 25 heavy (non-hydrogen) atoms. The quantitative estimate of drug-likeness (QED) is 0.834. The molecule has 2 heterocycles. The first-order valence-electron chi connectivity index (χ1n) is 8.36. The van der Waals surface area contributed by atoms with Gasteiger partial charge in [-0.05, 0) is 36.2 Å². The number of methoxy groups -OCH3 is 2. The van der Waals surface area contributed by atoms with E-state index in [0.29, 0.717) is 18.3 Å². The van der Waals surface area contributed by atoms with Crippen molar-refractivity contribution in [2.75, 3.05) is 27.3 Å². The Balaban J connectivity index is 1.52. The van der Waals surface area contributed by atoms with Crippen molar-refractivity contribution in [2.45, 2.75) is 25.6 Å². The number of benzene rings is 1. The molecule has 1 aromatic heterocycles. The summed E-state index contributed by atoms with van der Waals surface area (Å²) in [6.07, 6.45) is 1.09. The van der Waals surface area contributed by atoms with E-state index in [1.54, 1.807) is 20.3 Å². The first kappa shape index (κ1) is 17.3. The SMILES string of the molecule is COc1cc(CN2CC[C@@H](NCc3ccc(C#N)o3)C2)cc(OC)c1. The summed E-state index contributed by atoms with van der Waals surface area (Å²) >= 11 is 0. The number of hydrogen-bond acceptors (Lipinski definition) is 6. The average molecular weight is 341 g/mol. The van der Waals surface area contributed by atoms with E-state index >= 15 is 0 Å². The van der Waals surface area contributed by atoms with Gasteiger partial charge in [0.1, 0.15) is 23.3 Å². The fourth-order valence-corrected chi connectivity index (χ4v) is 3.14. The van der Waals surface area contributed by atoms with Gasteiger partial charge in [-0.1, -0.05) is 0 Å². The highest BCUT2D eigenvalue weighted by Gasteiger charge is 2.22. The van der Waals surface area contributed by atoms with Gasteiger partial charge in [0, 0.05) is 31.7 Å². The number of hydrogen-bond donors (Lipinski definition) is 1. The molecule has 1 saturated heterocycles. The second kappa shape index (κ2) is 8.06. The van der Waals surface area contributed by atoms with E-state index in [2.05, 4.69) is 22.3 Å². The summed E-state index contributed by atoms with van der Waals surface area (Å²) in [4.78, 5) is 2.41. The topological polar surface area (TPSA) is 70.7 Å². The van der Waals surface area contributed by atoms with Gasteiger partial charge in [-0.15, -0.1) is 0 Å². The van der Waals surface area contributed by atoms with Crippen LogP contribution in [0.5, 0.6) is 11.5 Å². The zero-order valence-corrected chi connectivity index (χ0v) is 14.6. The van der Waals surface area contributed by atoms with Crippen LogP contribution >= 0.6 is 0 Å². The van der Waals surface area contributed by atoms with E-state index in [9.17, 15) is 0 Å². The van der Waals surface area contributed by atoms with Gasteiger partial charge in [-0.2, -0.15) is 5.26 Å². The summed E-state index contributed by atoms with van der Waals surface area (Å²) in [6, 6.07) is 12.0. The van der Waals surface area contributed by atoms with Crippen molar-refractivity contribution in [1.82, 2.24) is 10.2 Å². The molecule has 1 aliphatic heterocycles. The Kier molecular flexibility index (Phi) is 5.59. The maximum Gasteiger partial charge on any atom is 0.203 e. The second-order valence-electron chi connectivity index (χ2n) is 6.20. The van der Waals surface area contributed by atoms with Crippen LogP contribution in [-0.4, -0.2) is 38.3 Å². The molecule has 1 aliphatic rings. The molecule has 1 fully saturated rings. The molecule has 0 bridgehead atoms. The van der Waals surface area contributed by atoms with Crippen LogP contribution in [-0.2, 0) is 13.1 Å². The summed E-state index contributed by atoms with van der Waals surface area (Å²) in [7, 11) is 3.33. The summed E-state index contributed by atoms with van der Waals surface area (Å²) in [6.45, 7) is 3.53. The highest BCUT2D eigenvalue weighted by Crippen LogP contribution is 2.24. The molecule has 132 valence electrons. The predicted octanol–water partition coefficient (Wildman–Crippen LogP) is 2.53. The maximum absolute atomic E-state index is 8.79. The smallest absolute Gasteiger partial charge is 0.203 e. The number of rotatable bonds is 7. The van der Waals surface area contributed by atoms with Gasteiger partial charge < -0.3 is 19.2 Å². The lowest BCUT2D eigenvalue weighted by Gasteiger charge is -2.17. The van der Waals surface area contributed by atoms with Crippen molar-refractivity contribution in [3.05, 3.63) is 47.4 Å². The number of nitrogens with one attached hydrogen (secondary N) is 1. The third kappa shape index (κ3) is 4.53. The zero-order valence-electron chi connectivity index (χ0n) is 14.6. The highest BCUT2D eigenvalue weighted by molar-refractivity contribution is 5.38. The van der Waals surface area contributed by atoms with E-state index in [-0.39, 0.29) is 0 Å². The van der Waals surface area contributed by atoms with Gasteiger partial charge in [0.25, 0.3) is 0 Å². The normalized spacial score (nSPS) is 17.4. The largest absolute Gasteiger partial charge is 0.497 e. The van der Waals surface area contributed by atoms with Gasteiger partial charge in [0.05, 0.1) is 20.8 Å². The van der Waals surface area contributed by atoms with Crippen LogP contribution in [0, 0.1) is 11.3 Å². The van der Waals surface area contributed by atoms with Crippen LogP contribution in [0.1, 0.15) is 23.5 Å². The lowest BCUT2D eigenvalue weighted by atomic mass is 10.2. The van der Waals surface area contributed by atoms with Crippen molar-refractivity contribution < 1.29 is 13.9 Å². The van der Waals surface area contributed by atoms with E-state index in [1.165, 1.54) is 5.56 Å². The van der Waals surface area contributed by atoms with E-state index in [4.69, 9.17) is 19.2 Å². The van der Waals surface area contributed by atoms with Gasteiger partial charge in [-0.25, -0.2) is 0 Å². The molecule has 1 aromatic carbocycles. The fraction of sp³-hybridized carbons (Fsp3) is 0.421. The fourth-order valence-electron chi connectivity index (χ4n) is 3.14. The predicted molar refractivity (Wildman–Crippen MR) is 93.5 cm³/mol. The second-order valence-corrected chi connectivity index (χ2v) is 6.20. The van der Waals surface area contributed by atoms with Crippen molar-refractivity contribution >= 4 is 0 Å². The molecule has 0 amide bonds. The molecule has 0 saturated carbocycles. The Labute approximate surface area is 147 Å². The highest BCUT2D eigenvalue weighted by atomic mass is 16.5. The number of nitrogens with zero attached hydrogens (tertiary/aromatic N) is 2. The summed E-state index contributed by atoms with van der Waals surface area (Å²) in [5, 5.41) is 12.3. The van der Waals surface area contributed by atoms with E-state index in [0.717, 1.165) is 43.3 Å². The number of furan rings is 1. The molecule has 0 spiro atoms. The zero-order chi connectivity index (χ0) is 17.6. The van der Waals surface area contributed by atoms with Crippen LogP contribution in [0.15, 0.2) is 34.7 Å². The average Bonchev–Trinajstić information content (AvgIpc) is 3.28. The van der Waals surface area contributed by atoms with Gasteiger partial charge in [-0.3, -0.25) is 4.90 Å².